The summed E-state index contributed by atoms with van der Waals surface area (Å²) in [5.41, 5.74) is 9.15. The molecule has 0 fully saturated rings. The Morgan fingerprint density at radius 2 is 1.70 bits per heavy atom. The Kier molecular flexibility index (Phi) is 4.95. The summed E-state index contributed by atoms with van der Waals surface area (Å²) in [5, 5.41) is 14.9. The van der Waals surface area contributed by atoms with Crippen LogP contribution in [0.4, 0.5) is 29.2 Å². The van der Waals surface area contributed by atoms with Crippen LogP contribution in [0.2, 0.25) is 0 Å². The third-order valence-corrected chi connectivity index (χ3v) is 3.72. The van der Waals surface area contributed by atoms with Gasteiger partial charge in [-0.15, -0.1) is 0 Å². The van der Waals surface area contributed by atoms with Crippen LogP contribution in [0, 0.1) is 18.3 Å². The highest BCUT2D eigenvalue weighted by Gasteiger charge is 2.11. The Bertz CT molecular complexity index is 1040. The Morgan fingerprint density at radius 1 is 1.04 bits per heavy atom. The van der Waals surface area contributed by atoms with Crippen molar-refractivity contribution in [1.29, 1.82) is 5.26 Å². The van der Waals surface area contributed by atoms with Crippen LogP contribution in [-0.2, 0) is 0 Å². The Hall–Kier alpha value is -3.99. The number of benzene rings is 2. The van der Waals surface area contributed by atoms with E-state index < -0.39 is 0 Å². The van der Waals surface area contributed by atoms with E-state index in [2.05, 4.69) is 31.7 Å². The fraction of sp³-hybridized carbons (Fsp3) is 0.105. The van der Waals surface area contributed by atoms with Crippen molar-refractivity contribution in [3.63, 3.8) is 0 Å². The molecule has 0 saturated carbocycles. The van der Waals surface area contributed by atoms with E-state index in [4.69, 9.17) is 11.0 Å². The molecule has 0 amide bonds. The summed E-state index contributed by atoms with van der Waals surface area (Å²) in [4.78, 5) is 24.3. The van der Waals surface area contributed by atoms with Crippen molar-refractivity contribution in [1.82, 2.24) is 15.0 Å². The van der Waals surface area contributed by atoms with Gasteiger partial charge >= 0.3 is 0 Å². The smallest absolute Gasteiger partial charge is 0.233 e. The Balaban J connectivity index is 1.88. The fourth-order valence-electron chi connectivity index (χ4n) is 2.45. The molecule has 0 radical (unpaired) electrons. The lowest BCUT2D eigenvalue weighted by atomic mass is 10.1. The van der Waals surface area contributed by atoms with Crippen LogP contribution < -0.4 is 16.4 Å². The molecule has 3 aromatic rings. The molecule has 0 aliphatic heterocycles. The molecule has 0 spiro atoms. The molecular formula is C19H17N7O. The number of aromatic nitrogens is 3. The number of carbonyl (C=O) groups excluding carboxylic acids is 1. The van der Waals surface area contributed by atoms with Gasteiger partial charge in [0, 0.05) is 11.3 Å². The highest BCUT2D eigenvalue weighted by molar-refractivity contribution is 6.00. The molecule has 0 aliphatic rings. The van der Waals surface area contributed by atoms with Crippen LogP contribution in [0.25, 0.3) is 0 Å². The SMILES string of the molecule is CC(=O)c1ccc(C)cc1Nc1nc(N)nc(Nc2ccc(C#N)cc2)n1. The zero-order valence-corrected chi connectivity index (χ0v) is 14.8. The van der Waals surface area contributed by atoms with E-state index in [9.17, 15) is 4.79 Å². The first kappa shape index (κ1) is 17.8. The summed E-state index contributed by atoms with van der Waals surface area (Å²) in [6.07, 6.45) is 0. The summed E-state index contributed by atoms with van der Waals surface area (Å²) in [5.74, 6) is 0.412. The number of nitrogens with two attached hydrogens (primary N) is 1. The lowest BCUT2D eigenvalue weighted by molar-refractivity contribution is 0.101. The predicted octanol–water partition coefficient (Wildman–Crippen LogP) is 3.32. The summed E-state index contributed by atoms with van der Waals surface area (Å²) in [6, 6.07) is 14.3. The number of hydrogen-bond acceptors (Lipinski definition) is 8. The second-order valence-electron chi connectivity index (χ2n) is 5.89. The van der Waals surface area contributed by atoms with Gasteiger partial charge in [0.15, 0.2) is 5.78 Å². The number of Topliss-reactive ketones (excluding diaryl/α,β-unsaturated/α-hetero) is 1. The fourth-order valence-corrected chi connectivity index (χ4v) is 2.45. The van der Waals surface area contributed by atoms with Crippen molar-refractivity contribution in [3.8, 4) is 6.07 Å². The number of hydrogen-bond donors (Lipinski definition) is 3. The molecule has 134 valence electrons. The molecule has 8 heteroatoms. The normalized spacial score (nSPS) is 10.1. The minimum absolute atomic E-state index is 0.0284. The van der Waals surface area contributed by atoms with Crippen LogP contribution >= 0.6 is 0 Å². The summed E-state index contributed by atoms with van der Waals surface area (Å²) in [6.45, 7) is 3.42. The first-order valence-corrected chi connectivity index (χ1v) is 8.12. The maximum absolute atomic E-state index is 11.8. The first-order valence-electron chi connectivity index (χ1n) is 8.12. The van der Waals surface area contributed by atoms with Crippen LogP contribution in [0.3, 0.4) is 0 Å². The van der Waals surface area contributed by atoms with Gasteiger partial charge in [0.2, 0.25) is 17.8 Å². The van der Waals surface area contributed by atoms with Gasteiger partial charge in [-0.2, -0.15) is 20.2 Å². The first-order chi connectivity index (χ1) is 12.9. The van der Waals surface area contributed by atoms with Gasteiger partial charge in [0.1, 0.15) is 0 Å². The van der Waals surface area contributed by atoms with Gasteiger partial charge in [-0.3, -0.25) is 4.79 Å². The molecule has 3 rings (SSSR count). The van der Waals surface area contributed by atoms with E-state index in [-0.39, 0.29) is 23.6 Å². The van der Waals surface area contributed by atoms with E-state index in [1.54, 1.807) is 30.3 Å². The zero-order valence-electron chi connectivity index (χ0n) is 14.8. The molecule has 0 unspecified atom stereocenters. The highest BCUT2D eigenvalue weighted by Crippen LogP contribution is 2.23. The van der Waals surface area contributed by atoms with Crippen LogP contribution in [0.5, 0.6) is 0 Å². The van der Waals surface area contributed by atoms with E-state index in [1.807, 2.05) is 19.1 Å². The lowest BCUT2D eigenvalue weighted by Crippen LogP contribution is -2.08. The van der Waals surface area contributed by atoms with Crippen molar-refractivity contribution in [3.05, 3.63) is 59.2 Å². The number of nitriles is 1. The van der Waals surface area contributed by atoms with E-state index in [0.29, 0.717) is 22.5 Å². The Morgan fingerprint density at radius 3 is 2.33 bits per heavy atom. The molecule has 0 atom stereocenters. The van der Waals surface area contributed by atoms with Crippen LogP contribution in [0.1, 0.15) is 28.4 Å². The molecule has 2 aromatic carbocycles. The third-order valence-electron chi connectivity index (χ3n) is 3.72. The molecule has 0 aliphatic carbocycles. The maximum atomic E-state index is 11.8. The minimum Gasteiger partial charge on any atom is -0.368 e. The van der Waals surface area contributed by atoms with Gasteiger partial charge in [-0.1, -0.05) is 6.07 Å². The molecule has 27 heavy (non-hydrogen) atoms. The molecular weight excluding hydrogens is 342 g/mol. The average Bonchev–Trinajstić information content (AvgIpc) is 2.61. The van der Waals surface area contributed by atoms with E-state index in [0.717, 1.165) is 5.56 Å². The number of ketones is 1. The third kappa shape index (κ3) is 4.35. The summed E-state index contributed by atoms with van der Waals surface area (Å²) >= 11 is 0. The summed E-state index contributed by atoms with van der Waals surface area (Å²) < 4.78 is 0. The second-order valence-corrected chi connectivity index (χ2v) is 5.89. The number of rotatable bonds is 5. The number of nitrogen functional groups attached to an aromatic ring is 1. The highest BCUT2D eigenvalue weighted by atomic mass is 16.1. The van der Waals surface area contributed by atoms with Crippen molar-refractivity contribution in [2.24, 2.45) is 0 Å². The van der Waals surface area contributed by atoms with Gasteiger partial charge in [-0.05, 0) is 55.8 Å². The van der Waals surface area contributed by atoms with Crippen molar-refractivity contribution < 1.29 is 4.79 Å². The van der Waals surface area contributed by atoms with Crippen LogP contribution in [-0.4, -0.2) is 20.7 Å². The van der Waals surface area contributed by atoms with Crippen molar-refractivity contribution in [2.75, 3.05) is 16.4 Å². The minimum atomic E-state index is -0.0736. The van der Waals surface area contributed by atoms with E-state index in [1.165, 1.54) is 6.92 Å². The Labute approximate surface area is 156 Å². The topological polar surface area (TPSA) is 130 Å². The number of aryl methyl sites for hydroxylation is 1. The monoisotopic (exact) mass is 359 g/mol. The molecule has 0 saturated heterocycles. The van der Waals surface area contributed by atoms with Gasteiger partial charge in [0.25, 0.3) is 0 Å². The maximum Gasteiger partial charge on any atom is 0.233 e. The number of carbonyl (C=O) groups is 1. The number of nitrogens with zero attached hydrogens (tertiary/aromatic N) is 4. The molecule has 1 heterocycles. The van der Waals surface area contributed by atoms with Gasteiger partial charge in [0.05, 0.1) is 17.3 Å². The van der Waals surface area contributed by atoms with Crippen molar-refractivity contribution in [2.45, 2.75) is 13.8 Å². The number of nitrogens with one attached hydrogen (secondary N) is 2. The molecule has 0 bridgehead atoms. The molecule has 4 N–H and O–H groups in total. The van der Waals surface area contributed by atoms with Gasteiger partial charge < -0.3 is 16.4 Å². The predicted molar refractivity (Wildman–Crippen MR) is 103 cm³/mol. The van der Waals surface area contributed by atoms with Crippen molar-refractivity contribution >= 4 is 35.0 Å². The second kappa shape index (κ2) is 7.49. The van der Waals surface area contributed by atoms with E-state index >= 15 is 0 Å². The lowest BCUT2D eigenvalue weighted by Gasteiger charge is -2.12. The standard InChI is InChI=1S/C19H17N7O/c1-11-3-8-15(12(2)27)16(9-11)23-19-25-17(21)24-18(26-19)22-14-6-4-13(10-20)5-7-14/h3-9H,1-2H3,(H4,21,22,23,24,25,26). The molecule has 8 nitrogen and oxygen atoms in total. The quantitative estimate of drug-likeness (QED) is 0.591. The molecule has 1 aromatic heterocycles. The average molecular weight is 359 g/mol. The van der Waals surface area contributed by atoms with Crippen LogP contribution in [0.15, 0.2) is 42.5 Å². The number of anilines is 5. The largest absolute Gasteiger partial charge is 0.368 e. The zero-order chi connectivity index (χ0) is 19.4. The van der Waals surface area contributed by atoms with Gasteiger partial charge in [-0.25, -0.2) is 0 Å². The summed E-state index contributed by atoms with van der Waals surface area (Å²) in [7, 11) is 0.